The molecule has 3 aromatic rings. The van der Waals surface area contributed by atoms with Crippen LogP contribution >= 0.6 is 0 Å². The highest BCUT2D eigenvalue weighted by molar-refractivity contribution is 5.96. The number of esters is 1. The number of rotatable bonds is 6. The Kier molecular flexibility index (Phi) is 6.46. The van der Waals surface area contributed by atoms with Gasteiger partial charge in [0.15, 0.2) is 6.61 Å². The molecule has 0 aliphatic carbocycles. The molecule has 6 nitrogen and oxygen atoms in total. The third-order valence-corrected chi connectivity index (χ3v) is 4.87. The molecule has 0 aliphatic rings. The van der Waals surface area contributed by atoms with Crippen molar-refractivity contribution >= 4 is 17.7 Å². The number of nitrogens with one attached hydrogen (secondary N) is 1. The Hall–Kier alpha value is -3.99. The molecule has 31 heavy (non-hydrogen) atoms. The molecule has 1 N–H and O–H groups in total. The zero-order chi connectivity index (χ0) is 22.5. The molecule has 0 saturated carbocycles. The molecule has 0 aliphatic heterocycles. The molecule has 1 heterocycles. The summed E-state index contributed by atoms with van der Waals surface area (Å²) < 4.78 is 32.9. The first-order valence-electron chi connectivity index (χ1n) is 9.37. The highest BCUT2D eigenvalue weighted by atomic mass is 19.1. The van der Waals surface area contributed by atoms with Crippen molar-refractivity contribution in [1.29, 1.82) is 5.26 Å². The maximum absolute atomic E-state index is 13.2. The smallest absolute Gasteiger partial charge is 0.338 e. The largest absolute Gasteiger partial charge is 0.452 e. The van der Waals surface area contributed by atoms with Crippen molar-refractivity contribution in [1.82, 2.24) is 4.57 Å². The van der Waals surface area contributed by atoms with Gasteiger partial charge in [0.2, 0.25) is 0 Å². The van der Waals surface area contributed by atoms with Gasteiger partial charge >= 0.3 is 5.97 Å². The average Bonchev–Trinajstić information content (AvgIpc) is 2.97. The van der Waals surface area contributed by atoms with E-state index >= 15 is 0 Å². The summed E-state index contributed by atoms with van der Waals surface area (Å²) in [4.78, 5) is 24.4. The van der Waals surface area contributed by atoms with Crippen molar-refractivity contribution in [2.24, 2.45) is 0 Å². The Labute approximate surface area is 177 Å². The van der Waals surface area contributed by atoms with E-state index in [0.717, 1.165) is 23.4 Å². The van der Waals surface area contributed by atoms with Gasteiger partial charge in [-0.2, -0.15) is 5.26 Å². The number of ether oxygens (including phenoxy) is 1. The van der Waals surface area contributed by atoms with Crippen molar-refractivity contribution in [3.63, 3.8) is 0 Å². The van der Waals surface area contributed by atoms with E-state index < -0.39 is 24.3 Å². The summed E-state index contributed by atoms with van der Waals surface area (Å²) in [6, 6.07) is 12.7. The maximum Gasteiger partial charge on any atom is 0.338 e. The lowest BCUT2D eigenvalue weighted by Crippen LogP contribution is -2.23. The fraction of sp³-hybridized carbons (Fsp3) is 0.174. The normalized spacial score (nSPS) is 10.4. The standard InChI is InChI=1S/C23H19F2N3O3/c1-14-15(2)28(12-16-3-7-18(24)8-4-16)22(20(14)11-26)27-21(29)13-31-23(30)17-5-9-19(25)10-6-17/h3-10H,12-13H2,1-2H3,(H,27,29). The monoisotopic (exact) mass is 423 g/mol. The van der Waals surface area contributed by atoms with E-state index in [1.165, 1.54) is 24.3 Å². The first-order chi connectivity index (χ1) is 14.8. The van der Waals surface area contributed by atoms with Crippen LogP contribution < -0.4 is 5.32 Å². The van der Waals surface area contributed by atoms with Crippen LogP contribution in [0.25, 0.3) is 0 Å². The van der Waals surface area contributed by atoms with Crippen molar-refractivity contribution in [3.05, 3.63) is 88.1 Å². The summed E-state index contributed by atoms with van der Waals surface area (Å²) >= 11 is 0. The van der Waals surface area contributed by atoms with Crippen LogP contribution in [0.4, 0.5) is 14.6 Å². The number of hydrogen-bond acceptors (Lipinski definition) is 4. The Morgan fingerprint density at radius 1 is 1.03 bits per heavy atom. The highest BCUT2D eigenvalue weighted by Crippen LogP contribution is 2.27. The molecule has 0 atom stereocenters. The van der Waals surface area contributed by atoms with Gasteiger partial charge in [0, 0.05) is 12.2 Å². The zero-order valence-corrected chi connectivity index (χ0v) is 16.9. The van der Waals surface area contributed by atoms with Gasteiger partial charge in [0.1, 0.15) is 23.5 Å². The third-order valence-electron chi connectivity index (χ3n) is 4.87. The number of benzene rings is 2. The lowest BCUT2D eigenvalue weighted by Gasteiger charge is -2.13. The van der Waals surface area contributed by atoms with Crippen LogP contribution in [-0.2, 0) is 16.1 Å². The average molecular weight is 423 g/mol. The third kappa shape index (κ3) is 4.95. The van der Waals surface area contributed by atoms with Crippen LogP contribution in [0.3, 0.4) is 0 Å². The number of hydrogen-bond donors (Lipinski definition) is 1. The number of nitrogens with zero attached hydrogens (tertiary/aromatic N) is 2. The molecule has 1 amide bonds. The summed E-state index contributed by atoms with van der Waals surface area (Å²) in [6.07, 6.45) is 0. The number of amides is 1. The first-order valence-corrected chi connectivity index (χ1v) is 9.37. The van der Waals surface area contributed by atoms with Gasteiger partial charge in [-0.05, 0) is 61.4 Å². The number of anilines is 1. The van der Waals surface area contributed by atoms with E-state index in [2.05, 4.69) is 11.4 Å². The highest BCUT2D eigenvalue weighted by Gasteiger charge is 2.20. The van der Waals surface area contributed by atoms with Gasteiger partial charge in [0.05, 0.1) is 11.1 Å². The summed E-state index contributed by atoms with van der Waals surface area (Å²) in [5.74, 6) is -2.00. The van der Waals surface area contributed by atoms with Crippen LogP contribution in [0.5, 0.6) is 0 Å². The predicted octanol–water partition coefficient (Wildman–Crippen LogP) is 4.10. The first kappa shape index (κ1) is 21.7. The summed E-state index contributed by atoms with van der Waals surface area (Å²) in [5, 5.41) is 12.2. The molecule has 0 radical (unpaired) electrons. The van der Waals surface area contributed by atoms with Crippen molar-refractivity contribution in [3.8, 4) is 6.07 Å². The fourth-order valence-corrected chi connectivity index (χ4v) is 3.07. The molecular formula is C23H19F2N3O3. The fourth-order valence-electron chi connectivity index (χ4n) is 3.07. The minimum absolute atomic E-state index is 0.110. The van der Waals surface area contributed by atoms with E-state index in [4.69, 9.17) is 4.74 Å². The minimum atomic E-state index is -0.773. The SMILES string of the molecule is Cc1c(C#N)c(NC(=O)COC(=O)c2ccc(F)cc2)n(Cc2ccc(F)cc2)c1C. The molecule has 158 valence electrons. The number of carbonyl (C=O) groups excluding carboxylic acids is 2. The molecular weight excluding hydrogens is 404 g/mol. The van der Waals surface area contributed by atoms with E-state index in [0.29, 0.717) is 12.1 Å². The molecule has 0 unspecified atom stereocenters. The number of carbonyl (C=O) groups is 2. The number of aromatic nitrogens is 1. The molecule has 2 aromatic carbocycles. The van der Waals surface area contributed by atoms with Crippen molar-refractivity contribution < 1.29 is 23.1 Å². The van der Waals surface area contributed by atoms with E-state index in [1.54, 1.807) is 23.6 Å². The van der Waals surface area contributed by atoms with Crippen LogP contribution in [-0.4, -0.2) is 23.1 Å². The molecule has 8 heteroatoms. The Bertz CT molecular complexity index is 1160. The molecule has 0 spiro atoms. The second kappa shape index (κ2) is 9.22. The van der Waals surface area contributed by atoms with Gasteiger partial charge in [-0.1, -0.05) is 12.1 Å². The van der Waals surface area contributed by atoms with Crippen LogP contribution in [0.2, 0.25) is 0 Å². The molecule has 0 saturated heterocycles. The molecule has 0 bridgehead atoms. The van der Waals surface area contributed by atoms with Gasteiger partial charge in [-0.25, -0.2) is 13.6 Å². The van der Waals surface area contributed by atoms with Crippen LogP contribution in [0, 0.1) is 36.8 Å². The molecule has 1 aromatic heterocycles. The zero-order valence-electron chi connectivity index (χ0n) is 16.9. The van der Waals surface area contributed by atoms with Gasteiger partial charge in [-0.15, -0.1) is 0 Å². The number of nitriles is 1. The van der Waals surface area contributed by atoms with Gasteiger partial charge < -0.3 is 14.6 Å². The number of halogens is 2. The second-order valence-electron chi connectivity index (χ2n) is 6.89. The van der Waals surface area contributed by atoms with Gasteiger partial charge in [0.25, 0.3) is 5.91 Å². The van der Waals surface area contributed by atoms with Crippen LogP contribution in [0.1, 0.15) is 32.7 Å². The lowest BCUT2D eigenvalue weighted by molar-refractivity contribution is -0.119. The van der Waals surface area contributed by atoms with Crippen LogP contribution in [0.15, 0.2) is 48.5 Å². The topological polar surface area (TPSA) is 84.1 Å². The summed E-state index contributed by atoms with van der Waals surface area (Å²) in [7, 11) is 0. The quantitative estimate of drug-likeness (QED) is 0.605. The molecule has 0 fully saturated rings. The van der Waals surface area contributed by atoms with E-state index in [9.17, 15) is 23.6 Å². The van der Waals surface area contributed by atoms with E-state index in [1.807, 2.05) is 6.92 Å². The Morgan fingerprint density at radius 3 is 2.19 bits per heavy atom. The van der Waals surface area contributed by atoms with E-state index in [-0.39, 0.29) is 22.8 Å². The predicted molar refractivity (Wildman–Crippen MR) is 109 cm³/mol. The maximum atomic E-state index is 13.2. The summed E-state index contributed by atoms with van der Waals surface area (Å²) in [6.45, 7) is 3.30. The second-order valence-corrected chi connectivity index (χ2v) is 6.89. The lowest BCUT2D eigenvalue weighted by atomic mass is 10.2. The van der Waals surface area contributed by atoms with Crippen molar-refractivity contribution in [2.75, 3.05) is 11.9 Å². The summed E-state index contributed by atoms with van der Waals surface area (Å²) in [5.41, 5.74) is 2.64. The minimum Gasteiger partial charge on any atom is -0.452 e. The Balaban J connectivity index is 1.76. The van der Waals surface area contributed by atoms with Gasteiger partial charge in [-0.3, -0.25) is 4.79 Å². The Morgan fingerprint density at radius 2 is 1.61 bits per heavy atom. The van der Waals surface area contributed by atoms with Crippen molar-refractivity contribution in [2.45, 2.75) is 20.4 Å². The molecule has 3 rings (SSSR count).